The molecule has 3 rings (SSSR count). The van der Waals surface area contributed by atoms with Gasteiger partial charge in [0.25, 0.3) is 5.69 Å². The fourth-order valence-corrected chi connectivity index (χ4v) is 3.26. The van der Waals surface area contributed by atoms with Crippen LogP contribution in [0.5, 0.6) is 0 Å². The molecule has 112 valence electrons. The Morgan fingerprint density at radius 2 is 2.00 bits per heavy atom. The lowest BCUT2D eigenvalue weighted by atomic mass is 9.95. The van der Waals surface area contributed by atoms with Crippen LogP contribution < -0.4 is 0 Å². The van der Waals surface area contributed by atoms with Crippen molar-refractivity contribution in [2.45, 2.75) is 37.8 Å². The Morgan fingerprint density at radius 3 is 2.71 bits per heavy atom. The molecule has 2 atom stereocenters. The van der Waals surface area contributed by atoms with Crippen LogP contribution in [-0.2, 0) is 9.53 Å². The summed E-state index contributed by atoms with van der Waals surface area (Å²) in [6.07, 6.45) is 3.63. The van der Waals surface area contributed by atoms with Crippen molar-refractivity contribution < 1.29 is 14.5 Å². The summed E-state index contributed by atoms with van der Waals surface area (Å²) in [6.45, 7) is 1.41. The molecule has 1 aromatic rings. The number of carbonyl (C=O) groups excluding carboxylic acids is 1. The van der Waals surface area contributed by atoms with Crippen molar-refractivity contribution in [1.29, 1.82) is 0 Å². The van der Waals surface area contributed by atoms with Crippen LogP contribution in [0.1, 0.15) is 37.3 Å². The SMILES string of the molecule is O=C1CC(c2ccc([N+](=O)[O-])cc2)N2CCCCC2CO1. The Kier molecular flexibility index (Phi) is 3.88. The van der Waals surface area contributed by atoms with Gasteiger partial charge in [-0.25, -0.2) is 0 Å². The maximum atomic E-state index is 11.8. The maximum Gasteiger partial charge on any atom is 0.307 e. The van der Waals surface area contributed by atoms with Crippen LogP contribution in [0.3, 0.4) is 0 Å². The summed E-state index contributed by atoms with van der Waals surface area (Å²) >= 11 is 0. The van der Waals surface area contributed by atoms with Gasteiger partial charge in [-0.2, -0.15) is 0 Å². The topological polar surface area (TPSA) is 72.7 Å². The number of ether oxygens (including phenoxy) is 1. The number of rotatable bonds is 2. The zero-order valence-corrected chi connectivity index (χ0v) is 11.7. The number of carbonyl (C=O) groups is 1. The molecule has 2 fully saturated rings. The van der Waals surface area contributed by atoms with Gasteiger partial charge in [0, 0.05) is 24.2 Å². The van der Waals surface area contributed by atoms with Crippen molar-refractivity contribution in [2.75, 3.05) is 13.2 Å². The third kappa shape index (κ3) is 2.90. The van der Waals surface area contributed by atoms with Crippen LogP contribution in [0.4, 0.5) is 5.69 Å². The number of non-ortho nitro benzene ring substituents is 1. The molecule has 0 N–H and O–H groups in total. The molecule has 6 nitrogen and oxygen atoms in total. The predicted octanol–water partition coefficient (Wildman–Crippen LogP) is 2.44. The number of cyclic esters (lactones) is 1. The van der Waals surface area contributed by atoms with Crippen LogP contribution in [0.25, 0.3) is 0 Å². The molecule has 2 heterocycles. The number of hydrogen-bond donors (Lipinski definition) is 0. The molecule has 2 saturated heterocycles. The highest BCUT2D eigenvalue weighted by atomic mass is 16.6. The molecule has 0 aromatic heterocycles. The lowest BCUT2D eigenvalue weighted by Crippen LogP contribution is -2.42. The molecule has 0 radical (unpaired) electrons. The number of hydrogen-bond acceptors (Lipinski definition) is 5. The number of esters is 1. The molecule has 0 saturated carbocycles. The van der Waals surface area contributed by atoms with Crippen molar-refractivity contribution in [1.82, 2.24) is 4.90 Å². The van der Waals surface area contributed by atoms with Gasteiger partial charge in [0.2, 0.25) is 0 Å². The van der Waals surface area contributed by atoms with Gasteiger partial charge in [0.1, 0.15) is 6.61 Å². The van der Waals surface area contributed by atoms with E-state index in [2.05, 4.69) is 4.90 Å². The number of benzene rings is 1. The Bertz CT molecular complexity index is 543. The standard InChI is InChI=1S/C15H18N2O4/c18-15-9-14(11-4-6-12(7-5-11)17(19)20)16-8-2-1-3-13(16)10-21-15/h4-7,13-14H,1-3,8-10H2. The fourth-order valence-electron chi connectivity index (χ4n) is 3.26. The van der Waals surface area contributed by atoms with E-state index in [1.54, 1.807) is 12.1 Å². The van der Waals surface area contributed by atoms with E-state index in [9.17, 15) is 14.9 Å². The molecule has 2 unspecified atom stereocenters. The summed E-state index contributed by atoms with van der Waals surface area (Å²) in [5, 5.41) is 10.7. The van der Waals surface area contributed by atoms with E-state index in [0.717, 1.165) is 31.4 Å². The van der Waals surface area contributed by atoms with E-state index in [1.807, 2.05) is 0 Å². The van der Waals surface area contributed by atoms with Crippen LogP contribution >= 0.6 is 0 Å². The van der Waals surface area contributed by atoms with Gasteiger partial charge in [-0.05, 0) is 24.9 Å². The summed E-state index contributed by atoms with van der Waals surface area (Å²) in [6, 6.07) is 6.76. The molecule has 0 bridgehead atoms. The first-order chi connectivity index (χ1) is 10.1. The lowest BCUT2D eigenvalue weighted by molar-refractivity contribution is -0.384. The number of nitro benzene ring substituents is 1. The molecule has 6 heteroatoms. The monoisotopic (exact) mass is 290 g/mol. The summed E-state index contributed by atoms with van der Waals surface area (Å²) < 4.78 is 5.30. The van der Waals surface area contributed by atoms with Gasteiger partial charge < -0.3 is 4.74 Å². The summed E-state index contributed by atoms with van der Waals surface area (Å²) in [4.78, 5) is 24.5. The average Bonchev–Trinajstić information content (AvgIpc) is 2.67. The zero-order valence-electron chi connectivity index (χ0n) is 11.7. The smallest absolute Gasteiger partial charge is 0.307 e. The molecular weight excluding hydrogens is 272 g/mol. The zero-order chi connectivity index (χ0) is 14.8. The Balaban J connectivity index is 1.89. The van der Waals surface area contributed by atoms with E-state index >= 15 is 0 Å². The van der Waals surface area contributed by atoms with Crippen LogP contribution in [0, 0.1) is 10.1 Å². The third-order valence-electron chi connectivity index (χ3n) is 4.36. The van der Waals surface area contributed by atoms with E-state index in [0.29, 0.717) is 13.0 Å². The second kappa shape index (κ2) is 5.81. The summed E-state index contributed by atoms with van der Waals surface area (Å²) in [5.41, 5.74) is 1.02. The van der Waals surface area contributed by atoms with Gasteiger partial charge in [-0.3, -0.25) is 19.8 Å². The van der Waals surface area contributed by atoms with Crippen LogP contribution in [-0.4, -0.2) is 35.0 Å². The minimum absolute atomic E-state index is 0.0360. The first-order valence-corrected chi connectivity index (χ1v) is 7.31. The molecule has 2 aliphatic heterocycles. The van der Waals surface area contributed by atoms with Gasteiger partial charge in [0.05, 0.1) is 11.3 Å². The van der Waals surface area contributed by atoms with Gasteiger partial charge >= 0.3 is 5.97 Å². The predicted molar refractivity (Wildman–Crippen MR) is 75.8 cm³/mol. The number of fused-ring (bicyclic) bond motifs is 1. The Labute approximate surface area is 122 Å². The molecule has 2 aliphatic rings. The lowest BCUT2D eigenvalue weighted by Gasteiger charge is -2.38. The minimum atomic E-state index is -0.408. The molecular formula is C15H18N2O4. The van der Waals surface area contributed by atoms with Crippen molar-refractivity contribution in [3.05, 3.63) is 39.9 Å². The minimum Gasteiger partial charge on any atom is -0.464 e. The number of piperidine rings is 1. The quantitative estimate of drug-likeness (QED) is 0.475. The molecule has 0 amide bonds. The second-order valence-electron chi connectivity index (χ2n) is 5.64. The Hall–Kier alpha value is -1.95. The maximum absolute atomic E-state index is 11.8. The highest BCUT2D eigenvalue weighted by Crippen LogP contribution is 2.34. The van der Waals surface area contributed by atoms with Gasteiger partial charge in [0.15, 0.2) is 0 Å². The van der Waals surface area contributed by atoms with Crippen LogP contribution in [0.15, 0.2) is 24.3 Å². The van der Waals surface area contributed by atoms with Crippen molar-refractivity contribution in [2.24, 2.45) is 0 Å². The average molecular weight is 290 g/mol. The van der Waals surface area contributed by atoms with Gasteiger partial charge in [-0.15, -0.1) is 0 Å². The molecule has 21 heavy (non-hydrogen) atoms. The Morgan fingerprint density at radius 1 is 1.24 bits per heavy atom. The highest BCUT2D eigenvalue weighted by Gasteiger charge is 2.35. The second-order valence-corrected chi connectivity index (χ2v) is 5.64. The van der Waals surface area contributed by atoms with Crippen molar-refractivity contribution in [3.8, 4) is 0 Å². The summed E-state index contributed by atoms with van der Waals surface area (Å²) in [5.74, 6) is -0.187. The van der Waals surface area contributed by atoms with E-state index in [1.165, 1.54) is 12.1 Å². The number of nitro groups is 1. The van der Waals surface area contributed by atoms with Crippen molar-refractivity contribution >= 4 is 11.7 Å². The first-order valence-electron chi connectivity index (χ1n) is 7.31. The van der Waals surface area contributed by atoms with Crippen molar-refractivity contribution in [3.63, 3.8) is 0 Å². The summed E-state index contributed by atoms with van der Waals surface area (Å²) in [7, 11) is 0. The van der Waals surface area contributed by atoms with Crippen LogP contribution in [0.2, 0.25) is 0 Å². The highest BCUT2D eigenvalue weighted by molar-refractivity contribution is 5.71. The van der Waals surface area contributed by atoms with E-state index in [4.69, 9.17) is 4.74 Å². The molecule has 0 aliphatic carbocycles. The van der Waals surface area contributed by atoms with E-state index < -0.39 is 4.92 Å². The third-order valence-corrected chi connectivity index (χ3v) is 4.36. The fraction of sp³-hybridized carbons (Fsp3) is 0.533. The number of nitrogens with zero attached hydrogens (tertiary/aromatic N) is 2. The van der Waals surface area contributed by atoms with E-state index in [-0.39, 0.29) is 23.7 Å². The first kappa shape index (κ1) is 14.0. The molecule has 1 aromatic carbocycles. The van der Waals surface area contributed by atoms with Gasteiger partial charge in [-0.1, -0.05) is 18.6 Å². The molecule has 0 spiro atoms. The largest absolute Gasteiger partial charge is 0.464 e. The normalized spacial score (nSPS) is 26.6.